The molecule has 3 rings (SSSR count). The summed E-state index contributed by atoms with van der Waals surface area (Å²) in [5, 5.41) is 14.1. The molecule has 0 fully saturated rings. The molecular weight excluding hydrogens is 268 g/mol. The van der Waals surface area contributed by atoms with E-state index >= 15 is 0 Å². The molecule has 0 saturated carbocycles. The van der Waals surface area contributed by atoms with Crippen LogP contribution < -0.4 is 11.3 Å². The Labute approximate surface area is 120 Å². The fourth-order valence-corrected chi connectivity index (χ4v) is 2.80. The standard InChI is InChI=1S/C15H16N4O2/c1-7-4-8(2)13(9(3)5-7)19-14(16)12-10(18-19)6-11(20)17-15(12)21/h4-6,20H,16H2,1-3H3,(H,17,21). The summed E-state index contributed by atoms with van der Waals surface area (Å²) in [7, 11) is 0. The summed E-state index contributed by atoms with van der Waals surface area (Å²) < 4.78 is 1.56. The third-order valence-corrected chi connectivity index (χ3v) is 3.54. The minimum absolute atomic E-state index is 0.227. The van der Waals surface area contributed by atoms with Crippen LogP contribution in [0, 0.1) is 20.8 Å². The number of aromatic amines is 1. The lowest BCUT2D eigenvalue weighted by Crippen LogP contribution is -2.09. The van der Waals surface area contributed by atoms with Gasteiger partial charge in [0.2, 0.25) is 0 Å². The summed E-state index contributed by atoms with van der Waals surface area (Å²) in [5.41, 5.74) is 10.1. The van der Waals surface area contributed by atoms with Crippen LogP contribution in [-0.4, -0.2) is 19.9 Å². The fraction of sp³-hybridized carbons (Fsp3) is 0.200. The van der Waals surface area contributed by atoms with Gasteiger partial charge in [0.1, 0.15) is 16.7 Å². The molecular formula is C15H16N4O2. The lowest BCUT2D eigenvalue weighted by Gasteiger charge is -2.12. The minimum Gasteiger partial charge on any atom is -0.494 e. The van der Waals surface area contributed by atoms with E-state index in [2.05, 4.69) is 10.1 Å². The summed E-state index contributed by atoms with van der Waals surface area (Å²) in [6.45, 7) is 5.97. The molecule has 0 unspecified atom stereocenters. The zero-order chi connectivity index (χ0) is 15.3. The normalized spacial score (nSPS) is 11.2. The lowest BCUT2D eigenvalue weighted by molar-refractivity contribution is 0.453. The van der Waals surface area contributed by atoms with Gasteiger partial charge in [-0.05, 0) is 31.9 Å². The van der Waals surface area contributed by atoms with E-state index in [1.165, 1.54) is 6.07 Å². The molecule has 1 aromatic carbocycles. The monoisotopic (exact) mass is 284 g/mol. The van der Waals surface area contributed by atoms with Gasteiger partial charge in [0.05, 0.1) is 5.69 Å². The summed E-state index contributed by atoms with van der Waals surface area (Å²) in [6, 6.07) is 5.47. The van der Waals surface area contributed by atoms with Crippen molar-refractivity contribution in [2.75, 3.05) is 5.73 Å². The van der Waals surface area contributed by atoms with Gasteiger partial charge in [-0.15, -0.1) is 0 Å². The third-order valence-electron chi connectivity index (χ3n) is 3.54. The van der Waals surface area contributed by atoms with Crippen LogP contribution in [-0.2, 0) is 0 Å². The van der Waals surface area contributed by atoms with Gasteiger partial charge >= 0.3 is 0 Å². The number of hydrogen-bond donors (Lipinski definition) is 3. The van der Waals surface area contributed by atoms with Crippen LogP contribution in [0.2, 0.25) is 0 Å². The Morgan fingerprint density at radius 2 is 1.81 bits per heavy atom. The predicted octanol–water partition coefficient (Wildman–Crippen LogP) is 1.93. The molecule has 21 heavy (non-hydrogen) atoms. The van der Waals surface area contributed by atoms with E-state index in [9.17, 15) is 9.90 Å². The van der Waals surface area contributed by atoms with E-state index in [0.29, 0.717) is 5.52 Å². The highest BCUT2D eigenvalue weighted by atomic mass is 16.3. The van der Waals surface area contributed by atoms with Gasteiger partial charge < -0.3 is 10.8 Å². The Morgan fingerprint density at radius 1 is 1.19 bits per heavy atom. The number of rotatable bonds is 1. The summed E-state index contributed by atoms with van der Waals surface area (Å²) in [4.78, 5) is 14.3. The zero-order valence-corrected chi connectivity index (χ0v) is 12.1. The van der Waals surface area contributed by atoms with E-state index in [4.69, 9.17) is 5.73 Å². The van der Waals surface area contributed by atoms with Gasteiger partial charge in [-0.3, -0.25) is 9.78 Å². The summed E-state index contributed by atoms with van der Waals surface area (Å²) >= 11 is 0. The Morgan fingerprint density at radius 3 is 2.43 bits per heavy atom. The maximum atomic E-state index is 11.9. The number of nitrogens with one attached hydrogen (secondary N) is 1. The molecule has 0 spiro atoms. The van der Waals surface area contributed by atoms with Gasteiger partial charge in [-0.2, -0.15) is 5.10 Å². The molecule has 3 aromatic rings. The maximum absolute atomic E-state index is 11.9. The number of aryl methyl sites for hydroxylation is 3. The second kappa shape index (κ2) is 4.37. The number of hydrogen-bond acceptors (Lipinski definition) is 4. The summed E-state index contributed by atoms with van der Waals surface area (Å²) in [6.07, 6.45) is 0. The van der Waals surface area contributed by atoms with Gasteiger partial charge in [0.15, 0.2) is 5.88 Å². The molecule has 0 saturated heterocycles. The van der Waals surface area contributed by atoms with Gasteiger partial charge in [0.25, 0.3) is 5.56 Å². The number of anilines is 1. The molecule has 2 aromatic heterocycles. The summed E-state index contributed by atoms with van der Waals surface area (Å²) in [5.74, 6) is 0.0378. The molecule has 0 radical (unpaired) electrons. The van der Waals surface area contributed by atoms with Crippen molar-refractivity contribution in [2.45, 2.75) is 20.8 Å². The molecule has 2 heterocycles. The predicted molar refractivity (Wildman–Crippen MR) is 82.0 cm³/mol. The second-order valence-electron chi connectivity index (χ2n) is 5.29. The molecule has 0 bridgehead atoms. The molecule has 0 amide bonds. The highest BCUT2D eigenvalue weighted by molar-refractivity contribution is 5.89. The van der Waals surface area contributed by atoms with Gasteiger partial charge in [0, 0.05) is 6.07 Å². The van der Waals surface area contributed by atoms with Crippen LogP contribution in [0.5, 0.6) is 5.88 Å². The van der Waals surface area contributed by atoms with Crippen molar-refractivity contribution < 1.29 is 5.11 Å². The first-order chi connectivity index (χ1) is 9.88. The Balaban J connectivity index is 2.40. The molecule has 4 N–H and O–H groups in total. The molecule has 6 nitrogen and oxygen atoms in total. The first-order valence-corrected chi connectivity index (χ1v) is 6.57. The Kier molecular flexibility index (Phi) is 2.76. The number of nitrogens with two attached hydrogens (primary N) is 1. The van der Waals surface area contributed by atoms with Crippen LogP contribution in [0.25, 0.3) is 16.6 Å². The van der Waals surface area contributed by atoms with Crippen LogP contribution in [0.1, 0.15) is 16.7 Å². The van der Waals surface area contributed by atoms with E-state index in [0.717, 1.165) is 22.4 Å². The number of fused-ring (bicyclic) bond motifs is 1. The highest BCUT2D eigenvalue weighted by Gasteiger charge is 2.17. The number of nitrogens with zero attached hydrogens (tertiary/aromatic N) is 2. The van der Waals surface area contributed by atoms with Crippen LogP contribution in [0.4, 0.5) is 5.82 Å². The van der Waals surface area contributed by atoms with Crippen molar-refractivity contribution in [2.24, 2.45) is 0 Å². The van der Waals surface area contributed by atoms with E-state index in [-0.39, 0.29) is 17.1 Å². The van der Waals surface area contributed by atoms with Crippen molar-refractivity contribution in [3.63, 3.8) is 0 Å². The maximum Gasteiger partial charge on any atom is 0.263 e. The molecule has 0 aliphatic heterocycles. The number of H-pyrrole nitrogens is 1. The zero-order valence-electron chi connectivity index (χ0n) is 12.1. The quantitative estimate of drug-likeness (QED) is 0.636. The minimum atomic E-state index is -0.448. The topological polar surface area (TPSA) is 96.9 Å². The van der Waals surface area contributed by atoms with Crippen LogP contribution >= 0.6 is 0 Å². The van der Waals surface area contributed by atoms with Crippen molar-refractivity contribution in [3.8, 4) is 11.6 Å². The van der Waals surface area contributed by atoms with Crippen molar-refractivity contribution in [1.82, 2.24) is 14.8 Å². The van der Waals surface area contributed by atoms with Crippen molar-refractivity contribution in [3.05, 3.63) is 45.2 Å². The van der Waals surface area contributed by atoms with Gasteiger partial charge in [-0.1, -0.05) is 17.7 Å². The largest absolute Gasteiger partial charge is 0.494 e. The number of nitrogen functional groups attached to an aromatic ring is 1. The number of aromatic nitrogens is 3. The van der Waals surface area contributed by atoms with E-state index < -0.39 is 5.56 Å². The Hall–Kier alpha value is -2.76. The highest BCUT2D eigenvalue weighted by Crippen LogP contribution is 2.27. The average molecular weight is 284 g/mol. The smallest absolute Gasteiger partial charge is 0.263 e. The SMILES string of the molecule is Cc1cc(C)c(-n2nc3cc(O)[nH]c(=O)c3c2N)c(C)c1. The number of benzene rings is 1. The van der Waals surface area contributed by atoms with Gasteiger partial charge in [-0.25, -0.2) is 4.68 Å². The first-order valence-electron chi connectivity index (χ1n) is 6.57. The molecule has 0 atom stereocenters. The number of aromatic hydroxyl groups is 1. The van der Waals surface area contributed by atoms with Crippen molar-refractivity contribution >= 4 is 16.7 Å². The van der Waals surface area contributed by atoms with E-state index in [1.807, 2.05) is 32.9 Å². The first kappa shape index (κ1) is 13.2. The third kappa shape index (κ3) is 1.96. The molecule has 6 heteroatoms. The second-order valence-corrected chi connectivity index (χ2v) is 5.29. The van der Waals surface area contributed by atoms with E-state index in [1.54, 1.807) is 4.68 Å². The van der Waals surface area contributed by atoms with Crippen LogP contribution in [0.15, 0.2) is 23.0 Å². The number of pyridine rings is 1. The lowest BCUT2D eigenvalue weighted by atomic mass is 10.1. The van der Waals surface area contributed by atoms with Crippen molar-refractivity contribution in [1.29, 1.82) is 0 Å². The molecule has 108 valence electrons. The fourth-order valence-electron chi connectivity index (χ4n) is 2.80. The van der Waals surface area contributed by atoms with Crippen LogP contribution in [0.3, 0.4) is 0 Å². The molecule has 0 aliphatic rings. The average Bonchev–Trinajstić information content (AvgIpc) is 2.65. The molecule has 0 aliphatic carbocycles. The Bertz CT molecular complexity index is 898.